The zero-order valence-electron chi connectivity index (χ0n) is 49.4. The van der Waals surface area contributed by atoms with Crippen molar-refractivity contribution in [1.29, 1.82) is 0 Å². The van der Waals surface area contributed by atoms with Gasteiger partial charge >= 0.3 is 5.97 Å². The quantitative estimate of drug-likeness (QED) is 0.101. The first-order chi connectivity index (χ1) is 27.3. The van der Waals surface area contributed by atoms with E-state index in [9.17, 15) is 14.9 Å². The van der Waals surface area contributed by atoms with E-state index in [0.717, 1.165) is 0 Å². The minimum absolute atomic E-state index is 0.600. The van der Waals surface area contributed by atoms with E-state index in [4.69, 9.17) is 48.0 Å². The average molecular weight is 441 g/mol. The number of hydrogen-bond acceptors (Lipinski definition) is 4. The summed E-state index contributed by atoms with van der Waals surface area (Å²) in [6.45, 7) is -4.17. The molecular formula is C24H39NO4. The third-order valence-electron chi connectivity index (χ3n) is 2.30. The summed E-state index contributed by atoms with van der Waals surface area (Å²) in [5.74, 6) is -3.17. The van der Waals surface area contributed by atoms with Crippen molar-refractivity contribution >= 4 is 11.7 Å². The van der Waals surface area contributed by atoms with Gasteiger partial charge in [0, 0.05) is 66.5 Å². The van der Waals surface area contributed by atoms with Gasteiger partial charge in [0.25, 0.3) is 5.69 Å². The number of esters is 1. The first kappa shape index (κ1) is 4.78. The predicted molar refractivity (Wildman–Crippen MR) is 118 cm³/mol. The summed E-state index contributed by atoms with van der Waals surface area (Å²) in [5.41, 5.74) is -0.600. The summed E-state index contributed by atoms with van der Waals surface area (Å²) < 4.78 is 288. The molecule has 164 valence electrons. The fourth-order valence-electron chi connectivity index (χ4n) is 1.26. The molecule has 0 bridgehead atoms. The summed E-state index contributed by atoms with van der Waals surface area (Å²) in [7, 11) is 0. The van der Waals surface area contributed by atoms with Crippen LogP contribution < -0.4 is 4.74 Å². The Morgan fingerprint density at radius 3 is 1.76 bits per heavy atom. The first-order valence-corrected chi connectivity index (χ1v) is 7.27. The molecule has 0 aliphatic rings. The van der Waals surface area contributed by atoms with Crippen molar-refractivity contribution in [2.24, 2.45) is 0 Å². The van der Waals surface area contributed by atoms with E-state index in [2.05, 4.69) is 4.74 Å². The van der Waals surface area contributed by atoms with E-state index in [1.807, 2.05) is 0 Å². The Kier molecular flexibility index (Phi) is 2.80. The highest BCUT2D eigenvalue weighted by Crippen LogP contribution is 2.18. The fourth-order valence-corrected chi connectivity index (χ4v) is 1.26. The van der Waals surface area contributed by atoms with E-state index in [1.165, 1.54) is 0 Å². The Hall–Kier alpha value is -1.91. The van der Waals surface area contributed by atoms with E-state index in [1.54, 1.807) is 0 Å². The molecule has 0 saturated carbocycles. The van der Waals surface area contributed by atoms with Crippen molar-refractivity contribution < 1.29 is 62.4 Å². The van der Waals surface area contributed by atoms with Crippen molar-refractivity contribution in [2.45, 2.75) is 109 Å². The maximum absolute atomic E-state index is 12.8. The molecule has 0 unspecified atom stereocenters. The monoisotopic (exact) mass is 441 g/mol. The maximum Gasteiger partial charge on any atom is 0.311 e. The lowest BCUT2D eigenvalue weighted by Gasteiger charge is -2.05. The molecule has 0 fully saturated rings. The molecule has 1 rings (SSSR count). The zero-order chi connectivity index (χ0) is 52.3. The number of hydrogen-bond donors (Lipinski definition) is 0. The topological polar surface area (TPSA) is 69.4 Å². The highest BCUT2D eigenvalue weighted by Gasteiger charge is 2.08. The second kappa shape index (κ2) is 17.0. The minimum Gasteiger partial charge on any atom is -0.427 e. The Morgan fingerprint density at radius 2 is 1.31 bits per heavy atom. The van der Waals surface area contributed by atoms with Gasteiger partial charge in [0.2, 0.25) is 0 Å². The third kappa shape index (κ3) is 13.8. The summed E-state index contributed by atoms with van der Waals surface area (Å²) in [5, 5.41) is 10.9. The van der Waals surface area contributed by atoms with Crippen LogP contribution >= 0.6 is 0 Å². The summed E-state index contributed by atoms with van der Waals surface area (Å²) in [6, 6.07) is 2.77. The van der Waals surface area contributed by atoms with Crippen LogP contribution in [-0.2, 0) is 4.79 Å². The Bertz CT molecular complexity index is 1910. The molecule has 0 atom stereocenters. The highest BCUT2D eigenvalue weighted by atomic mass is 16.6. The Morgan fingerprint density at radius 1 is 0.862 bits per heavy atom. The molecule has 0 spiro atoms. The summed E-state index contributed by atoms with van der Waals surface area (Å²) in [4.78, 5) is 22.8. The molecule has 5 nitrogen and oxygen atoms in total. The van der Waals surface area contributed by atoms with Crippen molar-refractivity contribution in [3.63, 3.8) is 0 Å². The second-order valence-electron chi connectivity index (χ2n) is 4.14. The number of carbonyl (C=O) groups excluding carboxylic acids is 1. The molecule has 0 heterocycles. The largest absolute Gasteiger partial charge is 0.427 e. The third-order valence-corrected chi connectivity index (χ3v) is 2.30. The van der Waals surface area contributed by atoms with E-state index < -0.39 is 131 Å². The number of nitro benzene ring substituents is 1. The fraction of sp³-hybridized carbons (Fsp3) is 0.708. The van der Waals surface area contributed by atoms with Gasteiger partial charge in [-0.2, -0.15) is 0 Å². The van der Waals surface area contributed by atoms with Crippen LogP contribution in [0, 0.1) is 10.1 Å². The number of benzene rings is 1. The first-order valence-electron chi connectivity index (χ1n) is 24.8. The highest BCUT2D eigenvalue weighted by molar-refractivity contribution is 5.72. The molecule has 0 radical (unpaired) electrons. The number of carbonyl (C=O) groups is 1. The zero-order valence-corrected chi connectivity index (χ0v) is 14.4. The van der Waals surface area contributed by atoms with Gasteiger partial charge in [-0.1, -0.05) is 96.1 Å². The van der Waals surface area contributed by atoms with Gasteiger partial charge < -0.3 is 4.74 Å². The van der Waals surface area contributed by atoms with Gasteiger partial charge in [-0.15, -0.1) is 0 Å². The molecule has 0 aromatic heterocycles. The predicted octanol–water partition coefficient (Wildman–Crippen LogP) is 7.76. The van der Waals surface area contributed by atoms with Crippen molar-refractivity contribution in [2.75, 3.05) is 0 Å². The smallest absolute Gasteiger partial charge is 0.311 e. The van der Waals surface area contributed by atoms with Crippen LogP contribution in [-0.4, -0.2) is 10.9 Å². The van der Waals surface area contributed by atoms with Crippen LogP contribution in [0.25, 0.3) is 0 Å². The van der Waals surface area contributed by atoms with Gasteiger partial charge in [0.15, 0.2) is 0 Å². The van der Waals surface area contributed by atoms with Gasteiger partial charge in [-0.05, 0) is 18.5 Å². The van der Waals surface area contributed by atoms with Crippen LogP contribution in [0.2, 0.25) is 0 Å². The van der Waals surface area contributed by atoms with Crippen LogP contribution in [0.3, 0.4) is 0 Å². The van der Waals surface area contributed by atoms with Crippen LogP contribution in [0.5, 0.6) is 5.75 Å². The minimum atomic E-state index is -5.30. The Balaban J connectivity index is 4.00. The van der Waals surface area contributed by atoms with Gasteiger partial charge in [0.05, 0.1) is 4.92 Å². The molecule has 5 heteroatoms. The lowest BCUT2D eigenvalue weighted by Crippen LogP contribution is -2.07. The van der Waals surface area contributed by atoms with Crippen molar-refractivity contribution in [1.82, 2.24) is 0 Å². The molecule has 1 aromatic carbocycles. The number of nitro groups is 1. The molecule has 0 saturated heterocycles. The summed E-state index contributed by atoms with van der Waals surface area (Å²) in [6.07, 6.45) is -80.5. The summed E-state index contributed by atoms with van der Waals surface area (Å²) >= 11 is 0. The second-order valence-corrected chi connectivity index (χ2v) is 4.14. The number of non-ortho nitro benzene ring substituents is 1. The van der Waals surface area contributed by atoms with Crippen molar-refractivity contribution in [3.8, 4) is 5.75 Å². The van der Waals surface area contributed by atoms with E-state index in [-0.39, 0.29) is 0 Å². The molecule has 29 heavy (non-hydrogen) atoms. The van der Waals surface area contributed by atoms with E-state index >= 15 is 0 Å². The normalized spacial score (nSPS) is 37.0. The molecule has 0 N–H and O–H groups in total. The molecular weight excluding hydrogens is 366 g/mol. The number of nitrogens with zero attached hydrogens (tertiary/aromatic N) is 1. The van der Waals surface area contributed by atoms with Crippen LogP contribution in [0.4, 0.5) is 5.69 Å². The van der Waals surface area contributed by atoms with Crippen LogP contribution in [0.15, 0.2) is 24.3 Å². The lowest BCUT2D eigenvalue weighted by molar-refractivity contribution is -0.384. The standard InChI is InChI=1S/C24H39NO4/c1-2-3-4-5-6-7-8-9-10-11-12-13-14-15-16-17-24(26)29-23-20-18-22(19-21-23)25(27)28/h18-21H,2-17H2,1H3/i1D3,2D2,3D2,4D2,5D2,6D2,7D2,8D2,9D2,10D2,11D2,12D2,13D2,14D2,15D2,16D2,17D2. The molecule has 0 aliphatic heterocycles. The maximum atomic E-state index is 12.8. The number of rotatable bonds is 18. The molecule has 0 aliphatic carbocycles. The number of ether oxygens (including phenoxy) is 1. The average Bonchev–Trinajstić information content (AvgIpc) is 3.09. The van der Waals surface area contributed by atoms with Crippen LogP contribution in [0.1, 0.15) is 157 Å². The van der Waals surface area contributed by atoms with Crippen molar-refractivity contribution in [3.05, 3.63) is 34.4 Å². The molecule has 0 amide bonds. The molecule has 1 aromatic rings. The SMILES string of the molecule is [2H]C([2H])([2H])C([2H])([2H])C([2H])([2H])C([2H])([2H])C([2H])([2H])C([2H])([2H])C([2H])([2H])C([2H])([2H])C([2H])([2H])C([2H])([2H])C([2H])([2H])C([2H])([2H])C([2H])([2H])C([2H])([2H])C([2H])([2H])C([2H])([2H])C([2H])([2H])C(=O)Oc1ccc([N+](=O)[O-])cc1. The van der Waals surface area contributed by atoms with Gasteiger partial charge in [-0.25, -0.2) is 0 Å². The Labute approximate surface area is 225 Å². The van der Waals surface area contributed by atoms with Gasteiger partial charge in [0.1, 0.15) is 5.75 Å². The van der Waals surface area contributed by atoms with E-state index in [0.29, 0.717) is 24.3 Å². The van der Waals surface area contributed by atoms with Gasteiger partial charge in [-0.3, -0.25) is 14.9 Å². The lowest BCUT2D eigenvalue weighted by atomic mass is 10.0.